The van der Waals surface area contributed by atoms with Crippen LogP contribution in [0.3, 0.4) is 0 Å². The number of hydrogen-bond acceptors (Lipinski definition) is 5. The smallest absolute Gasteiger partial charge is 0.339 e. The molecule has 0 aliphatic heterocycles. The lowest BCUT2D eigenvalue weighted by atomic mass is 10.1. The fraction of sp³-hybridized carbons (Fsp3) is 0.158. The number of amides is 1. The Balaban J connectivity index is 1.92. The van der Waals surface area contributed by atoms with Crippen molar-refractivity contribution in [2.24, 2.45) is 0 Å². The van der Waals surface area contributed by atoms with Gasteiger partial charge in [0.1, 0.15) is 16.9 Å². The highest BCUT2D eigenvalue weighted by molar-refractivity contribution is 7.98. The van der Waals surface area contributed by atoms with Gasteiger partial charge in [-0.2, -0.15) is 11.8 Å². The molecule has 0 spiro atoms. The second-order valence-corrected chi connectivity index (χ2v) is 6.81. The van der Waals surface area contributed by atoms with Gasteiger partial charge in [-0.1, -0.05) is 25.1 Å². The lowest BCUT2D eigenvalue weighted by molar-refractivity contribution is 0.0693. The van der Waals surface area contributed by atoms with Crippen LogP contribution >= 0.6 is 11.8 Å². The maximum absolute atomic E-state index is 12.7. The Morgan fingerprint density at radius 2 is 1.96 bits per heavy atom. The molecule has 0 fully saturated rings. The minimum absolute atomic E-state index is 0.217. The van der Waals surface area contributed by atoms with E-state index in [4.69, 9.17) is 9.52 Å². The summed E-state index contributed by atoms with van der Waals surface area (Å²) in [6, 6.07) is 11.3. The number of benzene rings is 2. The molecule has 0 radical (unpaired) electrons. The Kier molecular flexibility index (Phi) is 5.18. The number of thioether (sulfide) groups is 1. The van der Waals surface area contributed by atoms with Gasteiger partial charge in [-0.25, -0.2) is 4.79 Å². The number of rotatable bonds is 6. The molecule has 0 bridgehead atoms. The van der Waals surface area contributed by atoms with Gasteiger partial charge in [-0.3, -0.25) is 4.79 Å². The van der Waals surface area contributed by atoms with Gasteiger partial charge in [-0.15, -0.1) is 0 Å². The van der Waals surface area contributed by atoms with Gasteiger partial charge in [0.2, 0.25) is 0 Å². The monoisotopic (exact) mass is 371 g/mol. The van der Waals surface area contributed by atoms with Gasteiger partial charge < -0.3 is 19.9 Å². The average Bonchev–Trinajstić information content (AvgIpc) is 2.98. The van der Waals surface area contributed by atoms with E-state index in [2.05, 4.69) is 5.32 Å². The molecule has 1 heterocycles. The van der Waals surface area contributed by atoms with Gasteiger partial charge in [0, 0.05) is 28.5 Å². The van der Waals surface area contributed by atoms with E-state index in [1.165, 1.54) is 18.2 Å². The molecule has 1 amide bonds. The number of nitrogens with one attached hydrogen (secondary N) is 1. The molecule has 3 N–H and O–H groups in total. The normalized spacial score (nSPS) is 10.8. The lowest BCUT2D eigenvalue weighted by Crippen LogP contribution is -2.13. The third-order valence-electron chi connectivity index (χ3n) is 3.84. The molecule has 0 saturated heterocycles. The standard InChI is InChI=1S/C19H17NO5S/c1-2-26-10-14-12-5-3-4-6-16(12)25-17(14)18(22)20-11-7-8-13(19(23)24)15(21)9-11/h3-9,21H,2,10H2,1H3,(H,20,22)(H,23,24). The van der Waals surface area contributed by atoms with Crippen molar-refractivity contribution >= 4 is 40.3 Å². The zero-order valence-electron chi connectivity index (χ0n) is 14.0. The van der Waals surface area contributed by atoms with Gasteiger partial charge in [0.05, 0.1) is 0 Å². The summed E-state index contributed by atoms with van der Waals surface area (Å²) in [5, 5.41) is 22.3. The molecule has 0 aliphatic rings. The highest BCUT2D eigenvalue weighted by Gasteiger charge is 2.21. The molecule has 0 atom stereocenters. The van der Waals surface area contributed by atoms with Crippen molar-refractivity contribution in [3.05, 3.63) is 59.4 Å². The van der Waals surface area contributed by atoms with Crippen LogP contribution in [0.1, 0.15) is 33.4 Å². The fourth-order valence-electron chi connectivity index (χ4n) is 2.61. The van der Waals surface area contributed by atoms with Gasteiger partial charge in [-0.05, 0) is 24.0 Å². The number of phenols is 1. The van der Waals surface area contributed by atoms with Crippen LogP contribution in [0.2, 0.25) is 0 Å². The topological polar surface area (TPSA) is 99.8 Å². The SMILES string of the molecule is CCSCc1c(C(=O)Nc2ccc(C(=O)O)c(O)c2)oc2ccccc12. The van der Waals surface area contributed by atoms with Crippen LogP contribution in [0.4, 0.5) is 5.69 Å². The van der Waals surface area contributed by atoms with Gasteiger partial charge in [0.25, 0.3) is 5.91 Å². The largest absolute Gasteiger partial charge is 0.507 e. The summed E-state index contributed by atoms with van der Waals surface area (Å²) < 4.78 is 5.74. The summed E-state index contributed by atoms with van der Waals surface area (Å²) in [6.45, 7) is 2.04. The predicted molar refractivity (Wildman–Crippen MR) is 101 cm³/mol. The first-order valence-corrected chi connectivity index (χ1v) is 9.12. The highest BCUT2D eigenvalue weighted by atomic mass is 32.2. The lowest BCUT2D eigenvalue weighted by Gasteiger charge is -2.07. The zero-order valence-corrected chi connectivity index (χ0v) is 14.8. The van der Waals surface area contributed by atoms with Crippen LogP contribution < -0.4 is 5.32 Å². The van der Waals surface area contributed by atoms with Crippen LogP contribution in [0.15, 0.2) is 46.9 Å². The predicted octanol–water partition coefficient (Wildman–Crippen LogP) is 4.34. The van der Waals surface area contributed by atoms with Crippen molar-refractivity contribution in [3.63, 3.8) is 0 Å². The van der Waals surface area contributed by atoms with Crippen LogP contribution in [0.5, 0.6) is 5.75 Å². The molecule has 3 rings (SSSR count). The first-order chi connectivity index (χ1) is 12.5. The van der Waals surface area contributed by atoms with E-state index >= 15 is 0 Å². The van der Waals surface area contributed by atoms with Crippen LogP contribution in [-0.4, -0.2) is 27.8 Å². The number of aromatic carboxylic acids is 1. The van der Waals surface area contributed by atoms with E-state index in [1.54, 1.807) is 17.8 Å². The summed E-state index contributed by atoms with van der Waals surface area (Å²) in [5.41, 5.74) is 1.50. The molecule has 26 heavy (non-hydrogen) atoms. The summed E-state index contributed by atoms with van der Waals surface area (Å²) in [7, 11) is 0. The minimum Gasteiger partial charge on any atom is -0.507 e. The third kappa shape index (κ3) is 3.52. The Labute approximate surface area is 153 Å². The molecule has 2 aromatic carbocycles. The molecule has 7 heteroatoms. The molecule has 6 nitrogen and oxygen atoms in total. The van der Waals surface area contributed by atoms with Crippen LogP contribution in [-0.2, 0) is 5.75 Å². The quantitative estimate of drug-likeness (QED) is 0.596. The van der Waals surface area contributed by atoms with Gasteiger partial charge >= 0.3 is 5.97 Å². The molecule has 1 aromatic heterocycles. The van der Waals surface area contributed by atoms with E-state index in [0.717, 1.165) is 16.7 Å². The van der Waals surface area contributed by atoms with E-state index in [-0.39, 0.29) is 17.0 Å². The van der Waals surface area contributed by atoms with Crippen molar-refractivity contribution in [3.8, 4) is 5.75 Å². The summed E-state index contributed by atoms with van der Waals surface area (Å²) in [6.07, 6.45) is 0. The van der Waals surface area contributed by atoms with Crippen molar-refractivity contribution < 1.29 is 24.2 Å². The van der Waals surface area contributed by atoms with E-state index < -0.39 is 17.6 Å². The first-order valence-electron chi connectivity index (χ1n) is 7.97. The summed E-state index contributed by atoms with van der Waals surface area (Å²) in [5.74, 6) is -0.340. The number of aromatic hydroxyl groups is 1. The van der Waals surface area contributed by atoms with Crippen molar-refractivity contribution in [2.75, 3.05) is 11.1 Å². The maximum atomic E-state index is 12.7. The van der Waals surface area contributed by atoms with Crippen molar-refractivity contribution in [2.45, 2.75) is 12.7 Å². The highest BCUT2D eigenvalue weighted by Crippen LogP contribution is 2.30. The fourth-order valence-corrected chi connectivity index (χ4v) is 3.30. The zero-order chi connectivity index (χ0) is 18.7. The Bertz CT molecular complexity index is 979. The number of carboxylic acid groups (broad SMARTS) is 1. The van der Waals surface area contributed by atoms with Crippen LogP contribution in [0.25, 0.3) is 11.0 Å². The second kappa shape index (κ2) is 7.53. The number of hydrogen-bond donors (Lipinski definition) is 3. The molecule has 0 aliphatic carbocycles. The average molecular weight is 371 g/mol. The number of furan rings is 1. The number of fused-ring (bicyclic) bond motifs is 1. The first kappa shape index (κ1) is 17.9. The molecular formula is C19H17NO5S. The summed E-state index contributed by atoms with van der Waals surface area (Å²) in [4.78, 5) is 23.6. The Morgan fingerprint density at radius 3 is 2.65 bits per heavy atom. The number of carboxylic acids is 1. The van der Waals surface area contributed by atoms with E-state index in [1.807, 2.05) is 25.1 Å². The number of carbonyl (C=O) groups is 2. The molecule has 134 valence electrons. The Morgan fingerprint density at radius 1 is 1.19 bits per heavy atom. The molecule has 0 saturated carbocycles. The summed E-state index contributed by atoms with van der Waals surface area (Å²) >= 11 is 1.68. The molecular weight excluding hydrogens is 354 g/mol. The number of carbonyl (C=O) groups excluding carboxylic acids is 1. The van der Waals surface area contributed by atoms with Gasteiger partial charge in [0.15, 0.2) is 5.76 Å². The van der Waals surface area contributed by atoms with Crippen molar-refractivity contribution in [1.82, 2.24) is 0 Å². The number of para-hydroxylation sites is 1. The minimum atomic E-state index is -1.24. The second-order valence-electron chi connectivity index (χ2n) is 5.53. The Hall–Kier alpha value is -2.93. The van der Waals surface area contributed by atoms with Crippen LogP contribution in [0, 0.1) is 0 Å². The maximum Gasteiger partial charge on any atom is 0.339 e. The third-order valence-corrected chi connectivity index (χ3v) is 4.74. The molecule has 3 aromatic rings. The van der Waals surface area contributed by atoms with E-state index in [0.29, 0.717) is 11.3 Å². The van der Waals surface area contributed by atoms with E-state index in [9.17, 15) is 14.7 Å². The number of anilines is 1. The van der Waals surface area contributed by atoms with Crippen molar-refractivity contribution in [1.29, 1.82) is 0 Å². The molecule has 0 unspecified atom stereocenters.